The highest BCUT2D eigenvalue weighted by molar-refractivity contribution is 5.89. The van der Waals surface area contributed by atoms with Crippen molar-refractivity contribution < 1.29 is 0 Å². The number of rotatable bonds is 2. The van der Waals surface area contributed by atoms with Gasteiger partial charge in [-0.25, -0.2) is 0 Å². The average molecular weight is 310 g/mol. The van der Waals surface area contributed by atoms with Gasteiger partial charge in [0.15, 0.2) is 0 Å². The van der Waals surface area contributed by atoms with Crippen LogP contribution in [0.1, 0.15) is 11.1 Å². The smallest absolute Gasteiger partial charge is 0.102 e. The van der Waals surface area contributed by atoms with Gasteiger partial charge in [-0.05, 0) is 29.3 Å². The van der Waals surface area contributed by atoms with E-state index in [9.17, 15) is 10.5 Å². The number of hydrogen-bond donors (Lipinski definition) is 2. The van der Waals surface area contributed by atoms with Crippen LogP contribution in [0.15, 0.2) is 60.7 Å². The Labute approximate surface area is 140 Å². The first-order valence-electron chi connectivity index (χ1n) is 7.33. The molecule has 0 atom stereocenters. The summed E-state index contributed by atoms with van der Waals surface area (Å²) >= 11 is 0. The SMILES string of the molecule is N#Cc1c(-c2ccccc2)cc(-c2cccc(N)c2)c(C#N)c1N. The second-order valence-electron chi connectivity index (χ2n) is 5.35. The minimum absolute atomic E-state index is 0.193. The Morgan fingerprint density at radius 1 is 0.667 bits per heavy atom. The van der Waals surface area contributed by atoms with Crippen LogP contribution >= 0.6 is 0 Å². The summed E-state index contributed by atoms with van der Waals surface area (Å²) in [5, 5.41) is 19.1. The lowest BCUT2D eigenvalue weighted by molar-refractivity contribution is 1.44. The summed E-state index contributed by atoms with van der Waals surface area (Å²) in [4.78, 5) is 0. The first kappa shape index (κ1) is 15.1. The first-order valence-corrected chi connectivity index (χ1v) is 7.33. The molecular weight excluding hydrogens is 296 g/mol. The van der Waals surface area contributed by atoms with Gasteiger partial charge in [-0.1, -0.05) is 42.5 Å². The van der Waals surface area contributed by atoms with Crippen LogP contribution < -0.4 is 11.5 Å². The molecule has 0 radical (unpaired) electrons. The molecule has 0 bridgehead atoms. The van der Waals surface area contributed by atoms with Crippen molar-refractivity contribution in [2.24, 2.45) is 0 Å². The van der Waals surface area contributed by atoms with Crippen LogP contribution in [0.25, 0.3) is 22.3 Å². The monoisotopic (exact) mass is 310 g/mol. The molecular formula is C20H14N4. The molecule has 114 valence electrons. The molecule has 0 heterocycles. The molecule has 4 heteroatoms. The number of anilines is 2. The van der Waals surface area contributed by atoms with Gasteiger partial charge >= 0.3 is 0 Å². The molecule has 0 spiro atoms. The number of nitrogens with zero attached hydrogens (tertiary/aromatic N) is 2. The molecule has 0 aliphatic carbocycles. The van der Waals surface area contributed by atoms with Crippen LogP contribution in [0.4, 0.5) is 11.4 Å². The predicted octanol–water partition coefficient (Wildman–Crippen LogP) is 3.93. The highest BCUT2D eigenvalue weighted by Crippen LogP contribution is 2.37. The minimum atomic E-state index is 0.193. The third kappa shape index (κ3) is 2.54. The van der Waals surface area contributed by atoms with Gasteiger partial charge in [-0.2, -0.15) is 10.5 Å². The Balaban J connectivity index is 2.37. The van der Waals surface area contributed by atoms with E-state index in [2.05, 4.69) is 12.1 Å². The highest BCUT2D eigenvalue weighted by atomic mass is 14.6. The summed E-state index contributed by atoms with van der Waals surface area (Å²) in [6, 6.07) is 22.8. The van der Waals surface area contributed by atoms with Crippen LogP contribution in [0.3, 0.4) is 0 Å². The Hall–Kier alpha value is -3.76. The van der Waals surface area contributed by atoms with Gasteiger partial charge in [-0.15, -0.1) is 0 Å². The lowest BCUT2D eigenvalue weighted by Crippen LogP contribution is -2.01. The maximum absolute atomic E-state index is 9.54. The summed E-state index contributed by atoms with van der Waals surface area (Å²) in [5.74, 6) is 0. The molecule has 0 unspecified atom stereocenters. The van der Waals surface area contributed by atoms with Gasteiger partial charge in [0.1, 0.15) is 12.1 Å². The Kier molecular flexibility index (Phi) is 3.89. The molecule has 0 saturated carbocycles. The molecule has 4 nitrogen and oxygen atoms in total. The Morgan fingerprint density at radius 3 is 1.83 bits per heavy atom. The van der Waals surface area contributed by atoms with Crippen LogP contribution in [-0.2, 0) is 0 Å². The molecule has 24 heavy (non-hydrogen) atoms. The van der Waals surface area contributed by atoms with Crippen molar-refractivity contribution in [2.45, 2.75) is 0 Å². The number of nitrogens with two attached hydrogens (primary N) is 2. The maximum atomic E-state index is 9.54. The van der Waals surface area contributed by atoms with Crippen molar-refractivity contribution in [3.63, 3.8) is 0 Å². The predicted molar refractivity (Wildman–Crippen MR) is 95.6 cm³/mol. The molecule has 3 aromatic rings. The van der Waals surface area contributed by atoms with Crippen LogP contribution in [0.2, 0.25) is 0 Å². The minimum Gasteiger partial charge on any atom is -0.399 e. The van der Waals surface area contributed by atoms with Gasteiger partial charge in [0.25, 0.3) is 0 Å². The summed E-state index contributed by atoms with van der Waals surface area (Å²) in [6.07, 6.45) is 0. The maximum Gasteiger partial charge on any atom is 0.102 e. The topological polar surface area (TPSA) is 99.6 Å². The van der Waals surface area contributed by atoms with Gasteiger partial charge in [0.2, 0.25) is 0 Å². The first-order chi connectivity index (χ1) is 11.7. The summed E-state index contributed by atoms with van der Waals surface area (Å²) in [6.45, 7) is 0. The van der Waals surface area contributed by atoms with Crippen molar-refractivity contribution in [1.82, 2.24) is 0 Å². The second kappa shape index (κ2) is 6.16. The van der Waals surface area contributed by atoms with Crippen molar-refractivity contribution >= 4 is 11.4 Å². The fourth-order valence-electron chi connectivity index (χ4n) is 2.72. The number of hydrogen-bond acceptors (Lipinski definition) is 4. The fraction of sp³-hybridized carbons (Fsp3) is 0. The molecule has 0 aliphatic rings. The molecule has 4 N–H and O–H groups in total. The quantitative estimate of drug-likeness (QED) is 0.700. The van der Waals surface area contributed by atoms with Crippen LogP contribution in [-0.4, -0.2) is 0 Å². The molecule has 0 aliphatic heterocycles. The fourth-order valence-corrected chi connectivity index (χ4v) is 2.72. The Morgan fingerprint density at radius 2 is 1.25 bits per heavy atom. The highest BCUT2D eigenvalue weighted by Gasteiger charge is 2.18. The largest absolute Gasteiger partial charge is 0.399 e. The van der Waals surface area contributed by atoms with Crippen LogP contribution in [0, 0.1) is 22.7 Å². The molecule has 0 fully saturated rings. The molecule has 0 aromatic heterocycles. The van der Waals surface area contributed by atoms with Crippen molar-refractivity contribution in [3.05, 3.63) is 71.8 Å². The van der Waals surface area contributed by atoms with Gasteiger partial charge in [0.05, 0.1) is 16.8 Å². The lowest BCUT2D eigenvalue weighted by atomic mass is 9.89. The zero-order valence-corrected chi connectivity index (χ0v) is 12.8. The van der Waals surface area contributed by atoms with E-state index < -0.39 is 0 Å². The van der Waals surface area contributed by atoms with Crippen molar-refractivity contribution in [3.8, 4) is 34.4 Å². The van der Waals surface area contributed by atoms with E-state index in [0.717, 1.165) is 11.1 Å². The lowest BCUT2D eigenvalue weighted by Gasteiger charge is -2.14. The summed E-state index contributed by atoms with van der Waals surface area (Å²) < 4.78 is 0. The third-order valence-corrected chi connectivity index (χ3v) is 3.87. The van der Waals surface area contributed by atoms with Gasteiger partial charge in [-0.3, -0.25) is 0 Å². The zero-order valence-electron chi connectivity index (χ0n) is 12.8. The molecule has 3 rings (SSSR count). The molecule has 0 amide bonds. The van der Waals surface area contributed by atoms with E-state index in [1.54, 1.807) is 12.1 Å². The van der Waals surface area contributed by atoms with E-state index in [0.29, 0.717) is 22.4 Å². The van der Waals surface area contributed by atoms with E-state index in [-0.39, 0.29) is 11.3 Å². The van der Waals surface area contributed by atoms with Crippen molar-refractivity contribution in [2.75, 3.05) is 11.5 Å². The number of benzene rings is 3. The van der Waals surface area contributed by atoms with E-state index >= 15 is 0 Å². The molecule has 3 aromatic carbocycles. The summed E-state index contributed by atoms with van der Waals surface area (Å²) in [7, 11) is 0. The van der Waals surface area contributed by atoms with Gasteiger partial charge in [0, 0.05) is 16.8 Å². The summed E-state index contributed by atoms with van der Waals surface area (Å²) in [5.41, 5.74) is 16.4. The van der Waals surface area contributed by atoms with Crippen LogP contribution in [0.5, 0.6) is 0 Å². The van der Waals surface area contributed by atoms with E-state index in [1.165, 1.54) is 0 Å². The standard InChI is InChI=1S/C20H14N4/c21-11-18-16(13-5-2-1-3-6-13)10-17(19(12-22)20(18)24)14-7-4-8-15(23)9-14/h1-10H,23-24H2. The van der Waals surface area contributed by atoms with E-state index in [1.807, 2.05) is 48.5 Å². The number of nitrogen functional groups attached to an aromatic ring is 2. The zero-order chi connectivity index (χ0) is 17.1. The third-order valence-electron chi connectivity index (χ3n) is 3.87. The number of nitriles is 2. The second-order valence-corrected chi connectivity index (χ2v) is 5.35. The average Bonchev–Trinajstić information content (AvgIpc) is 2.61. The van der Waals surface area contributed by atoms with Gasteiger partial charge < -0.3 is 11.5 Å². The van der Waals surface area contributed by atoms with E-state index in [4.69, 9.17) is 11.5 Å². The molecule has 0 saturated heterocycles. The normalized spacial score (nSPS) is 9.92. The van der Waals surface area contributed by atoms with Crippen molar-refractivity contribution in [1.29, 1.82) is 10.5 Å². The Bertz CT molecular complexity index is 993.